The van der Waals surface area contributed by atoms with Crippen molar-refractivity contribution in [1.29, 1.82) is 0 Å². The minimum Gasteiger partial charge on any atom is -0.380 e. The molecule has 0 amide bonds. The number of nitrogens with zero attached hydrogens (tertiary/aromatic N) is 3. The average molecular weight is 375 g/mol. The van der Waals surface area contributed by atoms with Gasteiger partial charge < -0.3 is 10.1 Å². The molecule has 0 radical (unpaired) electrons. The van der Waals surface area contributed by atoms with Crippen LogP contribution in [0.4, 0.5) is 0 Å². The Balaban J connectivity index is 1.00. The summed E-state index contributed by atoms with van der Waals surface area (Å²) in [6, 6.07) is 3.86. The highest BCUT2D eigenvalue weighted by atomic mass is 32.2. The highest BCUT2D eigenvalue weighted by molar-refractivity contribution is 7.97. The quantitative estimate of drug-likeness (QED) is 0.803. The Morgan fingerprint density at radius 3 is 2.50 bits per heavy atom. The second kappa shape index (κ2) is 5.97. The normalized spacial score (nSPS) is 36.3. The van der Waals surface area contributed by atoms with Gasteiger partial charge in [-0.1, -0.05) is 0 Å². The average Bonchev–Trinajstić information content (AvgIpc) is 3.09. The van der Waals surface area contributed by atoms with E-state index in [0.717, 1.165) is 43.1 Å². The van der Waals surface area contributed by atoms with Crippen LogP contribution in [0.25, 0.3) is 0 Å². The zero-order valence-electron chi connectivity index (χ0n) is 15.7. The van der Waals surface area contributed by atoms with Crippen molar-refractivity contribution in [3.05, 3.63) is 11.8 Å². The molecule has 1 aromatic heterocycles. The van der Waals surface area contributed by atoms with E-state index in [4.69, 9.17) is 9.84 Å². The number of aromatic nitrogens is 2. The van der Waals surface area contributed by atoms with Crippen LogP contribution in [-0.2, 0) is 11.8 Å². The van der Waals surface area contributed by atoms with Crippen molar-refractivity contribution in [3.63, 3.8) is 0 Å². The summed E-state index contributed by atoms with van der Waals surface area (Å²) < 4.78 is 10.1. The van der Waals surface area contributed by atoms with E-state index < -0.39 is 0 Å². The predicted molar refractivity (Wildman–Crippen MR) is 102 cm³/mol. The Hall–Kier alpha value is -0.560. The number of rotatable bonds is 5. The van der Waals surface area contributed by atoms with Gasteiger partial charge in [0.2, 0.25) is 0 Å². The molecule has 2 unspecified atom stereocenters. The van der Waals surface area contributed by atoms with Gasteiger partial charge in [0.15, 0.2) is 0 Å². The first-order valence-corrected chi connectivity index (χ1v) is 11.2. The largest absolute Gasteiger partial charge is 0.380 e. The zero-order chi connectivity index (χ0) is 17.3. The number of hydrogen-bond acceptors (Lipinski definition) is 5. The lowest BCUT2D eigenvalue weighted by atomic mass is 9.64. The van der Waals surface area contributed by atoms with E-state index in [9.17, 15) is 0 Å². The molecule has 26 heavy (non-hydrogen) atoms. The molecule has 3 saturated carbocycles. The molecule has 5 aliphatic rings. The molecule has 6 rings (SSSR count). The zero-order valence-corrected chi connectivity index (χ0v) is 16.5. The van der Waals surface area contributed by atoms with Gasteiger partial charge in [0.05, 0.1) is 18.9 Å². The van der Waals surface area contributed by atoms with Crippen molar-refractivity contribution in [2.45, 2.75) is 61.6 Å². The molecule has 3 heterocycles. The summed E-state index contributed by atoms with van der Waals surface area (Å²) in [4.78, 5) is 0. The van der Waals surface area contributed by atoms with Gasteiger partial charge in [-0.2, -0.15) is 5.10 Å². The third kappa shape index (κ3) is 2.84. The summed E-state index contributed by atoms with van der Waals surface area (Å²) in [5, 5.41) is 10.0. The molecule has 2 saturated heterocycles. The number of fused-ring (bicyclic) bond motifs is 1. The van der Waals surface area contributed by atoms with Crippen molar-refractivity contribution < 1.29 is 4.74 Å². The maximum absolute atomic E-state index is 5.40. The van der Waals surface area contributed by atoms with E-state index in [-0.39, 0.29) is 0 Å². The Morgan fingerprint density at radius 2 is 1.88 bits per heavy atom. The van der Waals surface area contributed by atoms with Gasteiger partial charge in [-0.3, -0.25) is 4.68 Å². The van der Waals surface area contributed by atoms with E-state index in [2.05, 4.69) is 27.4 Å². The Kier molecular flexibility index (Phi) is 3.76. The summed E-state index contributed by atoms with van der Waals surface area (Å²) in [5.41, 5.74) is 1.90. The fourth-order valence-corrected chi connectivity index (χ4v) is 6.93. The van der Waals surface area contributed by atoms with Crippen LogP contribution in [-0.4, -0.2) is 52.5 Å². The topological polar surface area (TPSA) is 42.3 Å². The fourth-order valence-electron chi connectivity index (χ4n) is 5.80. The Labute approximate surface area is 160 Å². The molecule has 1 spiro atoms. The van der Waals surface area contributed by atoms with Gasteiger partial charge in [-0.15, -0.1) is 0 Å². The minimum atomic E-state index is 0.585. The summed E-state index contributed by atoms with van der Waals surface area (Å²) in [6.07, 6.45) is 8.12. The maximum atomic E-state index is 5.40. The van der Waals surface area contributed by atoms with Gasteiger partial charge in [0.25, 0.3) is 0 Å². The molecule has 0 aromatic carbocycles. The first-order valence-electron chi connectivity index (χ1n) is 10.5. The van der Waals surface area contributed by atoms with Crippen molar-refractivity contribution in [2.24, 2.45) is 24.3 Å². The standard InChI is InChI=1S/C20H30N4OS/c1-23-19(6-18(22-23)13-2-3-13)26-24-9-14-4-16(5-15(14)10-24)21-17-7-20(8-17)11-25-12-20/h6,13-17,21H,2-5,7-12H2,1H3. The lowest BCUT2D eigenvalue weighted by Gasteiger charge is -2.54. The van der Waals surface area contributed by atoms with Crippen LogP contribution < -0.4 is 5.32 Å². The molecule has 3 aliphatic carbocycles. The van der Waals surface area contributed by atoms with Crippen LogP contribution >= 0.6 is 11.9 Å². The number of hydrogen-bond donors (Lipinski definition) is 1. The number of ether oxygens (including phenoxy) is 1. The fraction of sp³-hybridized carbons (Fsp3) is 0.850. The van der Waals surface area contributed by atoms with Gasteiger partial charge in [0.1, 0.15) is 5.03 Å². The molecule has 5 fully saturated rings. The first-order chi connectivity index (χ1) is 12.7. The molecule has 2 atom stereocenters. The van der Waals surface area contributed by atoms with Crippen LogP contribution in [0.15, 0.2) is 11.1 Å². The molecule has 2 aliphatic heterocycles. The molecule has 1 aromatic rings. The molecule has 0 bridgehead atoms. The van der Waals surface area contributed by atoms with Crippen LogP contribution in [0.3, 0.4) is 0 Å². The Bertz CT molecular complexity index is 676. The third-order valence-corrected chi connectivity index (χ3v) is 8.56. The second-order valence-electron chi connectivity index (χ2n) is 9.70. The van der Waals surface area contributed by atoms with Crippen LogP contribution in [0.1, 0.15) is 50.1 Å². The van der Waals surface area contributed by atoms with Crippen molar-refractivity contribution in [3.8, 4) is 0 Å². The van der Waals surface area contributed by atoms with E-state index in [1.165, 1.54) is 62.3 Å². The SMILES string of the molecule is Cn1nc(C2CC2)cc1SN1CC2CC(NC3CC4(COC4)C3)CC2C1. The summed E-state index contributed by atoms with van der Waals surface area (Å²) in [5.74, 6) is 2.52. The van der Waals surface area contributed by atoms with Crippen LogP contribution in [0, 0.1) is 17.3 Å². The minimum absolute atomic E-state index is 0.585. The molecule has 1 N–H and O–H groups in total. The second-order valence-corrected chi connectivity index (χ2v) is 10.8. The summed E-state index contributed by atoms with van der Waals surface area (Å²) >= 11 is 1.94. The molecular formula is C20H30N4OS. The molecular weight excluding hydrogens is 344 g/mol. The van der Waals surface area contributed by atoms with Crippen LogP contribution in [0.2, 0.25) is 0 Å². The Morgan fingerprint density at radius 1 is 1.15 bits per heavy atom. The van der Waals surface area contributed by atoms with Crippen molar-refractivity contribution >= 4 is 11.9 Å². The lowest BCUT2D eigenvalue weighted by Crippen LogP contribution is -2.60. The highest BCUT2D eigenvalue weighted by Crippen LogP contribution is 2.48. The van der Waals surface area contributed by atoms with Crippen LogP contribution in [0.5, 0.6) is 0 Å². The summed E-state index contributed by atoms with van der Waals surface area (Å²) in [6.45, 7) is 4.54. The maximum Gasteiger partial charge on any atom is 0.109 e. The third-order valence-electron chi connectivity index (χ3n) is 7.44. The van der Waals surface area contributed by atoms with Gasteiger partial charge >= 0.3 is 0 Å². The van der Waals surface area contributed by atoms with Gasteiger partial charge in [0, 0.05) is 43.6 Å². The monoisotopic (exact) mass is 374 g/mol. The van der Waals surface area contributed by atoms with Crippen molar-refractivity contribution in [1.82, 2.24) is 19.4 Å². The lowest BCUT2D eigenvalue weighted by molar-refractivity contribution is -0.168. The van der Waals surface area contributed by atoms with E-state index in [1.54, 1.807) is 0 Å². The van der Waals surface area contributed by atoms with Crippen molar-refractivity contribution in [2.75, 3.05) is 26.3 Å². The van der Waals surface area contributed by atoms with Gasteiger partial charge in [-0.25, -0.2) is 4.31 Å². The van der Waals surface area contributed by atoms with E-state index >= 15 is 0 Å². The predicted octanol–water partition coefficient (Wildman–Crippen LogP) is 2.78. The number of nitrogens with one attached hydrogen (secondary N) is 1. The highest BCUT2D eigenvalue weighted by Gasteiger charge is 2.51. The smallest absolute Gasteiger partial charge is 0.109 e. The van der Waals surface area contributed by atoms with E-state index in [0.29, 0.717) is 5.41 Å². The first kappa shape index (κ1) is 16.4. The molecule has 142 valence electrons. The molecule has 5 nitrogen and oxygen atoms in total. The number of aryl methyl sites for hydroxylation is 1. The molecule has 6 heteroatoms. The van der Waals surface area contributed by atoms with E-state index in [1.807, 2.05) is 11.9 Å². The summed E-state index contributed by atoms with van der Waals surface area (Å²) in [7, 11) is 2.10. The van der Waals surface area contributed by atoms with Gasteiger partial charge in [-0.05, 0) is 68.4 Å².